The summed E-state index contributed by atoms with van der Waals surface area (Å²) in [6.45, 7) is 0. The Balaban J connectivity index is 1.39. The van der Waals surface area contributed by atoms with E-state index in [4.69, 9.17) is 9.47 Å². The fourth-order valence-corrected chi connectivity index (χ4v) is 6.82. The first-order valence-electron chi connectivity index (χ1n) is 12.9. The summed E-state index contributed by atoms with van der Waals surface area (Å²) in [5.41, 5.74) is 1.97. The van der Waals surface area contributed by atoms with Gasteiger partial charge in [0.1, 0.15) is 5.76 Å². The van der Waals surface area contributed by atoms with Gasteiger partial charge < -0.3 is 14.6 Å². The number of hydrogen-bond acceptors (Lipinski definition) is 10. The van der Waals surface area contributed by atoms with Crippen molar-refractivity contribution in [3.05, 3.63) is 107 Å². The number of Topliss-reactive ketones (excluding diaryl/α,β-unsaturated/α-hetero) is 1. The lowest BCUT2D eigenvalue weighted by Gasteiger charge is -2.23. The molecule has 3 heterocycles. The van der Waals surface area contributed by atoms with E-state index in [1.54, 1.807) is 30.3 Å². The second-order valence-electron chi connectivity index (χ2n) is 9.30. The number of pyridine rings is 1. The van der Waals surface area contributed by atoms with Gasteiger partial charge in [0, 0.05) is 23.7 Å². The summed E-state index contributed by atoms with van der Waals surface area (Å²) in [5.74, 6) is -0.413. The highest BCUT2D eigenvalue weighted by atomic mass is 32.2. The van der Waals surface area contributed by atoms with Crippen molar-refractivity contribution in [1.29, 1.82) is 0 Å². The summed E-state index contributed by atoms with van der Waals surface area (Å²) in [6.07, 6.45) is 3.00. The molecule has 1 unspecified atom stereocenters. The van der Waals surface area contributed by atoms with Crippen molar-refractivity contribution in [2.75, 3.05) is 19.1 Å². The monoisotopic (exact) mass is 596 g/mol. The number of benzene rings is 3. The van der Waals surface area contributed by atoms with Crippen molar-refractivity contribution in [1.82, 2.24) is 15.2 Å². The average Bonchev–Trinajstić information content (AvgIpc) is 3.61. The lowest BCUT2D eigenvalue weighted by atomic mass is 9.95. The second kappa shape index (κ2) is 11.6. The number of hydrogen-bond donors (Lipinski definition) is 1. The summed E-state index contributed by atoms with van der Waals surface area (Å²) < 4.78 is 11.5. The van der Waals surface area contributed by atoms with E-state index in [9.17, 15) is 14.7 Å². The largest absolute Gasteiger partial charge is 0.507 e. The van der Waals surface area contributed by atoms with Gasteiger partial charge in [-0.2, -0.15) is 0 Å². The molecule has 1 aliphatic rings. The fourth-order valence-electron chi connectivity index (χ4n) is 4.95. The Bertz CT molecular complexity index is 1830. The number of nitrogens with zero attached hydrogens (tertiary/aromatic N) is 4. The lowest BCUT2D eigenvalue weighted by molar-refractivity contribution is -0.132. The predicted molar refractivity (Wildman–Crippen MR) is 162 cm³/mol. The molecule has 9 nitrogen and oxygen atoms in total. The number of anilines is 1. The normalized spacial score (nSPS) is 16.2. The molecule has 0 spiro atoms. The molecule has 1 amide bonds. The van der Waals surface area contributed by atoms with Gasteiger partial charge in [0.2, 0.25) is 5.13 Å². The first kappa shape index (κ1) is 27.4. The lowest BCUT2D eigenvalue weighted by Crippen LogP contribution is -2.29. The van der Waals surface area contributed by atoms with Crippen LogP contribution in [0.5, 0.6) is 11.5 Å². The summed E-state index contributed by atoms with van der Waals surface area (Å²) >= 11 is 2.71. The Morgan fingerprint density at radius 1 is 0.952 bits per heavy atom. The molecule has 1 aliphatic heterocycles. The SMILES string of the molecule is COc1ccc(C2/C(=C(\O)c3ccncc3)C(=O)C(=O)N2c2nnc(SCc3cccc4ccccc34)s2)cc1OC. The minimum absolute atomic E-state index is 0.0708. The number of rotatable bonds is 8. The Hall–Kier alpha value is -4.74. The van der Waals surface area contributed by atoms with Crippen LogP contribution in [0.2, 0.25) is 0 Å². The standard InChI is InChI=1S/C31H24N4O5S2/c1-39-23-11-10-20(16-24(23)40-2)26-25(27(36)19-12-14-32-15-13-19)28(37)29(38)35(26)30-33-34-31(42-30)41-17-21-8-5-7-18-6-3-4-9-22(18)21/h3-16,26,36H,17H2,1-2H3/b27-25+. The molecule has 0 bridgehead atoms. The van der Waals surface area contributed by atoms with Crippen molar-refractivity contribution < 1.29 is 24.2 Å². The number of ketones is 1. The molecule has 1 saturated heterocycles. The van der Waals surface area contributed by atoms with Crippen LogP contribution >= 0.6 is 23.1 Å². The maximum atomic E-state index is 13.5. The Labute approximate surface area is 249 Å². The van der Waals surface area contributed by atoms with E-state index < -0.39 is 17.7 Å². The first-order chi connectivity index (χ1) is 20.5. The smallest absolute Gasteiger partial charge is 0.301 e. The molecular weight excluding hydrogens is 572 g/mol. The summed E-state index contributed by atoms with van der Waals surface area (Å²) in [7, 11) is 3.02. The third-order valence-corrected chi connectivity index (χ3v) is 9.06. The number of carbonyl (C=O) groups is 2. The third-order valence-electron chi connectivity index (χ3n) is 6.95. The van der Waals surface area contributed by atoms with Gasteiger partial charge >= 0.3 is 5.91 Å². The Morgan fingerprint density at radius 3 is 2.50 bits per heavy atom. The fraction of sp³-hybridized carbons (Fsp3) is 0.129. The van der Waals surface area contributed by atoms with Crippen LogP contribution in [0.4, 0.5) is 5.13 Å². The molecule has 2 aromatic heterocycles. The molecule has 1 fully saturated rings. The number of aromatic nitrogens is 3. The van der Waals surface area contributed by atoms with Gasteiger partial charge in [-0.15, -0.1) is 10.2 Å². The predicted octanol–water partition coefficient (Wildman–Crippen LogP) is 6.02. The first-order valence-corrected chi connectivity index (χ1v) is 14.7. The zero-order valence-electron chi connectivity index (χ0n) is 22.6. The second-order valence-corrected chi connectivity index (χ2v) is 11.5. The highest BCUT2D eigenvalue weighted by Gasteiger charge is 2.48. The minimum atomic E-state index is -0.984. The topological polar surface area (TPSA) is 115 Å². The van der Waals surface area contributed by atoms with Gasteiger partial charge in [-0.05, 0) is 46.2 Å². The van der Waals surface area contributed by atoms with Crippen LogP contribution in [-0.4, -0.2) is 46.2 Å². The average molecular weight is 597 g/mol. The van der Waals surface area contributed by atoms with E-state index in [0.29, 0.717) is 32.7 Å². The molecule has 42 heavy (non-hydrogen) atoms. The number of thioether (sulfide) groups is 1. The number of ether oxygens (including phenoxy) is 2. The highest BCUT2D eigenvalue weighted by Crippen LogP contribution is 2.45. The van der Waals surface area contributed by atoms with Crippen LogP contribution in [0.15, 0.2) is 95.1 Å². The van der Waals surface area contributed by atoms with Crippen LogP contribution < -0.4 is 14.4 Å². The molecule has 1 N–H and O–H groups in total. The molecule has 11 heteroatoms. The molecule has 1 atom stereocenters. The number of fused-ring (bicyclic) bond motifs is 1. The van der Waals surface area contributed by atoms with Gasteiger partial charge in [0.05, 0.1) is 25.8 Å². The zero-order valence-corrected chi connectivity index (χ0v) is 24.2. The van der Waals surface area contributed by atoms with Gasteiger partial charge in [-0.1, -0.05) is 71.6 Å². The van der Waals surface area contributed by atoms with Crippen molar-refractivity contribution in [3.63, 3.8) is 0 Å². The summed E-state index contributed by atoms with van der Waals surface area (Å²) in [4.78, 5) is 32.3. The van der Waals surface area contributed by atoms with Gasteiger partial charge in [0.25, 0.3) is 5.78 Å². The van der Waals surface area contributed by atoms with Crippen LogP contribution in [-0.2, 0) is 15.3 Å². The van der Waals surface area contributed by atoms with E-state index in [-0.39, 0.29) is 16.5 Å². The van der Waals surface area contributed by atoms with E-state index >= 15 is 0 Å². The van der Waals surface area contributed by atoms with Gasteiger partial charge in [0.15, 0.2) is 15.8 Å². The summed E-state index contributed by atoms with van der Waals surface area (Å²) in [5, 5.41) is 22.5. The highest BCUT2D eigenvalue weighted by molar-refractivity contribution is 8.00. The van der Waals surface area contributed by atoms with E-state index in [0.717, 1.165) is 16.3 Å². The van der Waals surface area contributed by atoms with E-state index in [1.807, 2.05) is 18.2 Å². The van der Waals surface area contributed by atoms with Crippen molar-refractivity contribution in [3.8, 4) is 11.5 Å². The molecule has 0 radical (unpaired) electrons. The zero-order chi connectivity index (χ0) is 29.2. The van der Waals surface area contributed by atoms with Crippen molar-refractivity contribution >= 4 is 56.5 Å². The molecule has 3 aromatic carbocycles. The quantitative estimate of drug-likeness (QED) is 0.0755. The number of methoxy groups -OCH3 is 2. The Morgan fingerprint density at radius 2 is 1.71 bits per heavy atom. The molecule has 210 valence electrons. The molecule has 0 saturated carbocycles. The van der Waals surface area contributed by atoms with E-state index in [1.165, 1.54) is 54.6 Å². The van der Waals surface area contributed by atoms with Gasteiger partial charge in [-0.3, -0.25) is 19.5 Å². The maximum absolute atomic E-state index is 13.5. The van der Waals surface area contributed by atoms with Crippen LogP contribution in [0.3, 0.4) is 0 Å². The minimum Gasteiger partial charge on any atom is -0.507 e. The molecular formula is C31H24N4O5S2. The number of aliphatic hydroxyl groups excluding tert-OH is 1. The van der Waals surface area contributed by atoms with Crippen molar-refractivity contribution in [2.24, 2.45) is 0 Å². The van der Waals surface area contributed by atoms with E-state index in [2.05, 4.69) is 39.4 Å². The van der Waals surface area contributed by atoms with Crippen LogP contribution in [0.25, 0.3) is 16.5 Å². The number of amides is 1. The maximum Gasteiger partial charge on any atom is 0.301 e. The van der Waals surface area contributed by atoms with Crippen LogP contribution in [0, 0.1) is 0 Å². The summed E-state index contributed by atoms with van der Waals surface area (Å²) in [6, 6.07) is 21.6. The van der Waals surface area contributed by atoms with Crippen LogP contribution in [0.1, 0.15) is 22.7 Å². The number of carbonyl (C=O) groups excluding carboxylic acids is 2. The van der Waals surface area contributed by atoms with Crippen molar-refractivity contribution in [2.45, 2.75) is 16.1 Å². The number of aliphatic hydroxyl groups is 1. The third kappa shape index (κ3) is 4.97. The Kier molecular flexibility index (Phi) is 7.60. The molecule has 5 aromatic rings. The molecule has 6 rings (SSSR count). The van der Waals surface area contributed by atoms with Gasteiger partial charge in [-0.25, -0.2) is 0 Å². The molecule has 0 aliphatic carbocycles.